The van der Waals surface area contributed by atoms with Gasteiger partial charge >= 0.3 is 5.97 Å². The van der Waals surface area contributed by atoms with Crippen LogP contribution in [0.2, 0.25) is 0 Å². The highest BCUT2D eigenvalue weighted by Crippen LogP contribution is 2.19. The van der Waals surface area contributed by atoms with Crippen molar-refractivity contribution in [1.29, 1.82) is 0 Å². The molecule has 0 bridgehead atoms. The Morgan fingerprint density at radius 3 is 2.58 bits per heavy atom. The lowest BCUT2D eigenvalue weighted by Crippen LogP contribution is -2.38. The lowest BCUT2D eigenvalue weighted by Gasteiger charge is -2.29. The first kappa shape index (κ1) is 15.7. The van der Waals surface area contributed by atoms with Crippen LogP contribution in [0, 0.1) is 5.41 Å². The van der Waals surface area contributed by atoms with Crippen molar-refractivity contribution in [3.8, 4) is 0 Å². The number of hydrogen-bond acceptors (Lipinski definition) is 4. The Balaban J connectivity index is 2.54. The standard InChI is InChI=1S/C14H24N2O3/c1-10(11-6-7-12(19-11)13(17)18)15-8-14(2,3)9-16(4)5/h6-7,10,15H,8-9H2,1-5H3,(H,17,18). The van der Waals surface area contributed by atoms with Gasteiger partial charge in [-0.25, -0.2) is 4.79 Å². The molecule has 5 heteroatoms. The van der Waals surface area contributed by atoms with E-state index in [4.69, 9.17) is 9.52 Å². The highest BCUT2D eigenvalue weighted by Gasteiger charge is 2.21. The second-order valence-electron chi connectivity index (χ2n) is 6.01. The number of hydrogen-bond donors (Lipinski definition) is 2. The van der Waals surface area contributed by atoms with Gasteiger partial charge < -0.3 is 19.7 Å². The predicted octanol–water partition coefficient (Wildman–Crippen LogP) is 2.22. The number of nitrogens with zero attached hydrogens (tertiary/aromatic N) is 1. The van der Waals surface area contributed by atoms with Gasteiger partial charge in [-0.15, -0.1) is 0 Å². The summed E-state index contributed by atoms with van der Waals surface area (Å²) in [7, 11) is 4.10. The van der Waals surface area contributed by atoms with Crippen LogP contribution in [0.1, 0.15) is 43.1 Å². The first-order valence-corrected chi connectivity index (χ1v) is 6.42. The van der Waals surface area contributed by atoms with Gasteiger partial charge in [0.05, 0.1) is 6.04 Å². The van der Waals surface area contributed by atoms with Gasteiger partial charge in [0.1, 0.15) is 5.76 Å². The van der Waals surface area contributed by atoms with E-state index < -0.39 is 5.97 Å². The lowest BCUT2D eigenvalue weighted by atomic mass is 9.92. The van der Waals surface area contributed by atoms with Crippen LogP contribution >= 0.6 is 0 Å². The zero-order valence-electron chi connectivity index (χ0n) is 12.4. The van der Waals surface area contributed by atoms with Crippen molar-refractivity contribution in [3.05, 3.63) is 23.7 Å². The molecule has 1 aromatic rings. The summed E-state index contributed by atoms with van der Waals surface area (Å²) in [4.78, 5) is 12.9. The first-order chi connectivity index (χ1) is 8.71. The maximum absolute atomic E-state index is 10.8. The highest BCUT2D eigenvalue weighted by atomic mass is 16.4. The normalized spacial score (nSPS) is 13.8. The molecule has 0 aliphatic heterocycles. The summed E-state index contributed by atoms with van der Waals surface area (Å²) in [6.45, 7) is 8.16. The van der Waals surface area contributed by atoms with Crippen molar-refractivity contribution in [2.24, 2.45) is 5.41 Å². The lowest BCUT2D eigenvalue weighted by molar-refractivity contribution is 0.0659. The van der Waals surface area contributed by atoms with Crippen molar-refractivity contribution < 1.29 is 14.3 Å². The van der Waals surface area contributed by atoms with E-state index >= 15 is 0 Å². The number of aromatic carboxylic acids is 1. The van der Waals surface area contributed by atoms with Crippen LogP contribution in [-0.2, 0) is 0 Å². The van der Waals surface area contributed by atoms with Crippen molar-refractivity contribution in [1.82, 2.24) is 10.2 Å². The third-order valence-corrected chi connectivity index (χ3v) is 2.90. The molecular weight excluding hydrogens is 244 g/mol. The fourth-order valence-corrected chi connectivity index (χ4v) is 2.14. The van der Waals surface area contributed by atoms with E-state index in [1.54, 1.807) is 6.07 Å². The highest BCUT2D eigenvalue weighted by molar-refractivity contribution is 5.84. The Kier molecular flexibility index (Phi) is 5.14. The van der Waals surface area contributed by atoms with E-state index in [1.807, 2.05) is 6.92 Å². The van der Waals surface area contributed by atoms with Crippen LogP contribution in [0.5, 0.6) is 0 Å². The molecule has 2 N–H and O–H groups in total. The molecule has 1 heterocycles. The van der Waals surface area contributed by atoms with Gasteiger partial charge in [-0.05, 0) is 38.6 Å². The Hall–Kier alpha value is -1.33. The Bertz CT molecular complexity index is 424. The smallest absolute Gasteiger partial charge is 0.371 e. The summed E-state index contributed by atoms with van der Waals surface area (Å²) < 4.78 is 5.28. The molecule has 0 fully saturated rings. The van der Waals surface area contributed by atoms with Crippen LogP contribution < -0.4 is 5.32 Å². The van der Waals surface area contributed by atoms with Crippen molar-refractivity contribution in [3.63, 3.8) is 0 Å². The van der Waals surface area contributed by atoms with E-state index in [2.05, 4.69) is 38.2 Å². The minimum atomic E-state index is -1.04. The fourth-order valence-electron chi connectivity index (χ4n) is 2.14. The first-order valence-electron chi connectivity index (χ1n) is 6.42. The zero-order chi connectivity index (χ0) is 14.6. The molecule has 5 nitrogen and oxygen atoms in total. The molecule has 1 aromatic heterocycles. The zero-order valence-corrected chi connectivity index (χ0v) is 12.4. The summed E-state index contributed by atoms with van der Waals surface area (Å²) in [6.07, 6.45) is 0. The number of carboxylic acids is 1. The van der Waals surface area contributed by atoms with E-state index in [9.17, 15) is 4.79 Å². The van der Waals surface area contributed by atoms with Gasteiger partial charge in [0, 0.05) is 13.1 Å². The van der Waals surface area contributed by atoms with E-state index in [1.165, 1.54) is 6.07 Å². The molecule has 0 aliphatic rings. The van der Waals surface area contributed by atoms with Crippen molar-refractivity contribution >= 4 is 5.97 Å². The van der Waals surface area contributed by atoms with Crippen LogP contribution in [0.4, 0.5) is 0 Å². The number of carbonyl (C=O) groups is 1. The average molecular weight is 268 g/mol. The van der Waals surface area contributed by atoms with Crippen LogP contribution in [0.25, 0.3) is 0 Å². The Morgan fingerprint density at radius 1 is 1.47 bits per heavy atom. The minimum Gasteiger partial charge on any atom is -0.475 e. The largest absolute Gasteiger partial charge is 0.475 e. The third-order valence-electron chi connectivity index (χ3n) is 2.90. The molecule has 0 saturated heterocycles. The van der Waals surface area contributed by atoms with Gasteiger partial charge in [0.25, 0.3) is 0 Å². The SMILES string of the molecule is CC(NCC(C)(C)CN(C)C)c1ccc(C(=O)O)o1. The summed E-state index contributed by atoms with van der Waals surface area (Å²) in [5.74, 6) is -0.402. The van der Waals surface area contributed by atoms with Gasteiger partial charge in [-0.2, -0.15) is 0 Å². The summed E-state index contributed by atoms with van der Waals surface area (Å²) in [6, 6.07) is 3.19. The minimum absolute atomic E-state index is 0.00506. The second-order valence-corrected chi connectivity index (χ2v) is 6.01. The van der Waals surface area contributed by atoms with Gasteiger partial charge in [0.15, 0.2) is 0 Å². The summed E-state index contributed by atoms with van der Waals surface area (Å²) in [5, 5.41) is 12.2. The fraction of sp³-hybridized carbons (Fsp3) is 0.643. The molecule has 1 unspecified atom stereocenters. The van der Waals surface area contributed by atoms with Crippen LogP contribution in [-0.4, -0.2) is 43.2 Å². The number of furan rings is 1. The van der Waals surface area contributed by atoms with E-state index in [-0.39, 0.29) is 17.2 Å². The third kappa shape index (κ3) is 5.04. The van der Waals surface area contributed by atoms with Crippen LogP contribution in [0.3, 0.4) is 0 Å². The number of nitrogens with one attached hydrogen (secondary N) is 1. The maximum Gasteiger partial charge on any atom is 0.371 e. The average Bonchev–Trinajstić information content (AvgIpc) is 2.73. The molecule has 108 valence electrons. The maximum atomic E-state index is 10.8. The quantitative estimate of drug-likeness (QED) is 0.793. The molecule has 0 saturated carbocycles. The summed E-state index contributed by atoms with van der Waals surface area (Å²) in [5.41, 5.74) is 0.139. The van der Waals surface area contributed by atoms with E-state index in [0.29, 0.717) is 5.76 Å². The molecular formula is C14H24N2O3. The Labute approximate surface area is 114 Å². The monoisotopic (exact) mass is 268 g/mol. The molecule has 0 spiro atoms. The second kappa shape index (κ2) is 6.21. The van der Waals surface area contributed by atoms with Crippen molar-refractivity contribution in [2.45, 2.75) is 26.8 Å². The molecule has 0 radical (unpaired) electrons. The predicted molar refractivity (Wildman–Crippen MR) is 74.4 cm³/mol. The van der Waals surface area contributed by atoms with Gasteiger partial charge in [-0.3, -0.25) is 0 Å². The molecule has 1 atom stereocenters. The number of carboxylic acid groups (broad SMARTS) is 1. The molecule has 1 rings (SSSR count). The topological polar surface area (TPSA) is 65.7 Å². The van der Waals surface area contributed by atoms with Crippen molar-refractivity contribution in [2.75, 3.05) is 27.2 Å². The van der Waals surface area contributed by atoms with E-state index in [0.717, 1.165) is 13.1 Å². The Morgan fingerprint density at radius 2 is 2.11 bits per heavy atom. The summed E-state index contributed by atoms with van der Waals surface area (Å²) >= 11 is 0. The van der Waals surface area contributed by atoms with Gasteiger partial charge in [0.2, 0.25) is 5.76 Å². The molecule has 0 aliphatic carbocycles. The molecule has 0 aromatic carbocycles. The molecule has 19 heavy (non-hydrogen) atoms. The number of rotatable bonds is 7. The van der Waals surface area contributed by atoms with Crippen LogP contribution in [0.15, 0.2) is 16.5 Å². The van der Waals surface area contributed by atoms with Gasteiger partial charge in [-0.1, -0.05) is 13.8 Å². The molecule has 0 amide bonds.